The van der Waals surface area contributed by atoms with E-state index in [2.05, 4.69) is 25.6 Å². The predicted molar refractivity (Wildman–Crippen MR) is 90.4 cm³/mol. The number of amides is 1. The van der Waals surface area contributed by atoms with Crippen LogP contribution in [0.4, 0.5) is 17.6 Å². The van der Waals surface area contributed by atoms with E-state index in [0.29, 0.717) is 23.2 Å². The molecule has 1 amide bonds. The number of nitrogens with two attached hydrogens (primary N) is 1. The van der Waals surface area contributed by atoms with Crippen LogP contribution in [0.3, 0.4) is 0 Å². The third-order valence-corrected chi connectivity index (χ3v) is 4.08. The molecule has 8 heteroatoms. The van der Waals surface area contributed by atoms with Gasteiger partial charge in [-0.15, -0.1) is 0 Å². The van der Waals surface area contributed by atoms with Gasteiger partial charge >= 0.3 is 6.01 Å². The highest BCUT2D eigenvalue weighted by atomic mass is 16.3. The molecule has 0 bridgehead atoms. The minimum atomic E-state index is -0.514. The minimum Gasteiger partial charge on any atom is -0.479 e. The van der Waals surface area contributed by atoms with Crippen LogP contribution in [0.5, 0.6) is 6.01 Å². The molecule has 0 unspecified atom stereocenters. The molecule has 1 heterocycles. The Kier molecular flexibility index (Phi) is 4.45. The summed E-state index contributed by atoms with van der Waals surface area (Å²) in [7, 11) is 0. The summed E-state index contributed by atoms with van der Waals surface area (Å²) in [5.41, 5.74) is 7.22. The number of carbonyl (C=O) groups excluding carboxylic acids is 1. The third-order valence-electron chi connectivity index (χ3n) is 4.08. The lowest BCUT2D eigenvalue weighted by Gasteiger charge is -2.13. The molecule has 1 saturated carbocycles. The highest BCUT2D eigenvalue weighted by molar-refractivity contribution is 5.94. The molecule has 1 aliphatic carbocycles. The molecular formula is C16H20N6O2. The molecule has 1 aromatic heterocycles. The second kappa shape index (κ2) is 6.69. The Bertz CT molecular complexity index is 758. The lowest BCUT2D eigenvalue weighted by atomic mass is 10.1. The Morgan fingerprint density at radius 2 is 1.92 bits per heavy atom. The Hall–Kier alpha value is -2.90. The van der Waals surface area contributed by atoms with Crippen LogP contribution in [-0.2, 0) is 0 Å². The number of benzene rings is 1. The van der Waals surface area contributed by atoms with Gasteiger partial charge in [-0.05, 0) is 37.5 Å². The molecular weight excluding hydrogens is 308 g/mol. The number of aryl methyl sites for hydroxylation is 1. The van der Waals surface area contributed by atoms with Crippen molar-refractivity contribution in [2.75, 3.05) is 10.6 Å². The van der Waals surface area contributed by atoms with E-state index >= 15 is 0 Å². The van der Waals surface area contributed by atoms with Gasteiger partial charge in [-0.3, -0.25) is 4.79 Å². The highest BCUT2D eigenvalue weighted by Gasteiger charge is 2.17. The summed E-state index contributed by atoms with van der Waals surface area (Å²) in [6.45, 7) is 1.88. The van der Waals surface area contributed by atoms with Crippen LogP contribution in [0.2, 0.25) is 0 Å². The Balaban J connectivity index is 1.83. The fraction of sp³-hybridized carbons (Fsp3) is 0.375. The minimum absolute atomic E-state index is 0.202. The van der Waals surface area contributed by atoms with Gasteiger partial charge < -0.3 is 21.5 Å². The average Bonchev–Trinajstić information content (AvgIpc) is 3.01. The van der Waals surface area contributed by atoms with E-state index in [1.54, 1.807) is 18.2 Å². The van der Waals surface area contributed by atoms with Gasteiger partial charge in [-0.2, -0.15) is 15.0 Å². The fourth-order valence-corrected chi connectivity index (χ4v) is 2.77. The molecule has 2 aromatic rings. The number of aromatic nitrogens is 3. The molecule has 0 spiro atoms. The maximum absolute atomic E-state index is 11.3. The number of primary amides is 1. The number of aromatic hydroxyl groups is 1. The number of nitrogens with one attached hydrogen (secondary N) is 2. The van der Waals surface area contributed by atoms with Crippen molar-refractivity contribution in [1.29, 1.82) is 0 Å². The molecule has 24 heavy (non-hydrogen) atoms. The van der Waals surface area contributed by atoms with Crippen molar-refractivity contribution < 1.29 is 9.90 Å². The van der Waals surface area contributed by atoms with Crippen molar-refractivity contribution in [3.05, 3.63) is 29.3 Å². The quantitative estimate of drug-likeness (QED) is 0.662. The molecule has 0 saturated heterocycles. The van der Waals surface area contributed by atoms with E-state index in [1.807, 2.05) is 6.92 Å². The van der Waals surface area contributed by atoms with Gasteiger partial charge in [0.2, 0.25) is 17.8 Å². The van der Waals surface area contributed by atoms with Gasteiger partial charge in [0.1, 0.15) is 0 Å². The largest absolute Gasteiger partial charge is 0.479 e. The van der Waals surface area contributed by atoms with Crippen molar-refractivity contribution >= 4 is 23.5 Å². The standard InChI is InChI=1S/C16H20N6O2/c1-9-6-7-10(13(17)23)8-12(9)19-15-20-14(21-16(24)22-15)18-11-4-2-3-5-11/h6-8,11H,2-5H2,1H3,(H2,17,23)(H3,18,19,20,21,22,24). The van der Waals surface area contributed by atoms with Gasteiger partial charge in [0.15, 0.2) is 0 Å². The first-order chi connectivity index (χ1) is 11.5. The van der Waals surface area contributed by atoms with E-state index in [1.165, 1.54) is 12.8 Å². The van der Waals surface area contributed by atoms with Crippen molar-refractivity contribution in [3.63, 3.8) is 0 Å². The summed E-state index contributed by atoms with van der Waals surface area (Å²) in [5, 5.41) is 16.0. The molecule has 1 aromatic carbocycles. The van der Waals surface area contributed by atoms with E-state index in [-0.39, 0.29) is 12.0 Å². The van der Waals surface area contributed by atoms with Crippen molar-refractivity contribution in [2.45, 2.75) is 38.6 Å². The number of nitrogens with zero attached hydrogens (tertiary/aromatic N) is 3. The summed E-state index contributed by atoms with van der Waals surface area (Å²) >= 11 is 0. The molecule has 3 rings (SSSR count). The third kappa shape index (κ3) is 3.70. The van der Waals surface area contributed by atoms with Crippen LogP contribution < -0.4 is 16.4 Å². The molecule has 126 valence electrons. The molecule has 0 atom stereocenters. The van der Waals surface area contributed by atoms with Crippen molar-refractivity contribution in [1.82, 2.24) is 15.0 Å². The Morgan fingerprint density at radius 3 is 2.62 bits per heavy atom. The zero-order valence-electron chi connectivity index (χ0n) is 13.4. The maximum Gasteiger partial charge on any atom is 0.320 e. The lowest BCUT2D eigenvalue weighted by Crippen LogP contribution is -2.17. The number of anilines is 3. The first-order valence-corrected chi connectivity index (χ1v) is 7.90. The van der Waals surface area contributed by atoms with Crippen LogP contribution >= 0.6 is 0 Å². The van der Waals surface area contributed by atoms with Crippen LogP contribution in [0.15, 0.2) is 18.2 Å². The average molecular weight is 328 g/mol. The summed E-state index contributed by atoms with van der Waals surface area (Å²) in [5.74, 6) is 0.0217. The van der Waals surface area contributed by atoms with E-state index in [9.17, 15) is 9.90 Å². The first kappa shape index (κ1) is 16.0. The van der Waals surface area contributed by atoms with Gasteiger partial charge in [0.05, 0.1) is 0 Å². The summed E-state index contributed by atoms with van der Waals surface area (Å²) in [6.07, 6.45) is 4.49. The van der Waals surface area contributed by atoms with Crippen LogP contribution in [-0.4, -0.2) is 32.0 Å². The summed E-state index contributed by atoms with van der Waals surface area (Å²) < 4.78 is 0. The van der Waals surface area contributed by atoms with E-state index < -0.39 is 5.91 Å². The Morgan fingerprint density at radius 1 is 1.21 bits per heavy atom. The van der Waals surface area contributed by atoms with Crippen LogP contribution in [0.1, 0.15) is 41.6 Å². The second-order valence-corrected chi connectivity index (χ2v) is 5.93. The Labute approximate surface area is 139 Å². The fourth-order valence-electron chi connectivity index (χ4n) is 2.77. The monoisotopic (exact) mass is 328 g/mol. The zero-order chi connectivity index (χ0) is 17.1. The number of hydrogen-bond acceptors (Lipinski definition) is 7. The maximum atomic E-state index is 11.3. The van der Waals surface area contributed by atoms with Gasteiger partial charge in [0, 0.05) is 17.3 Å². The molecule has 0 radical (unpaired) electrons. The zero-order valence-corrected chi connectivity index (χ0v) is 13.4. The second-order valence-electron chi connectivity index (χ2n) is 5.93. The number of carbonyl (C=O) groups is 1. The highest BCUT2D eigenvalue weighted by Crippen LogP contribution is 2.24. The lowest BCUT2D eigenvalue weighted by molar-refractivity contribution is 0.100. The van der Waals surface area contributed by atoms with E-state index in [0.717, 1.165) is 18.4 Å². The van der Waals surface area contributed by atoms with Gasteiger partial charge in [0.25, 0.3) is 0 Å². The van der Waals surface area contributed by atoms with Crippen molar-refractivity contribution in [3.8, 4) is 6.01 Å². The predicted octanol–water partition coefficient (Wildman–Crippen LogP) is 2.08. The molecule has 0 aliphatic heterocycles. The van der Waals surface area contributed by atoms with E-state index in [4.69, 9.17) is 5.73 Å². The van der Waals surface area contributed by atoms with Crippen LogP contribution in [0, 0.1) is 6.92 Å². The first-order valence-electron chi connectivity index (χ1n) is 7.90. The number of rotatable bonds is 5. The van der Waals surface area contributed by atoms with Crippen LogP contribution in [0.25, 0.3) is 0 Å². The summed E-state index contributed by atoms with van der Waals surface area (Å²) in [6, 6.07) is 5.01. The number of hydrogen-bond donors (Lipinski definition) is 4. The molecule has 1 fully saturated rings. The van der Waals surface area contributed by atoms with Gasteiger partial charge in [-0.1, -0.05) is 18.9 Å². The topological polar surface area (TPSA) is 126 Å². The SMILES string of the molecule is Cc1ccc(C(N)=O)cc1Nc1nc(O)nc(NC2CCCC2)n1. The van der Waals surface area contributed by atoms with Gasteiger partial charge in [-0.25, -0.2) is 0 Å². The smallest absolute Gasteiger partial charge is 0.320 e. The molecule has 8 nitrogen and oxygen atoms in total. The normalized spacial score (nSPS) is 14.5. The van der Waals surface area contributed by atoms with Crippen molar-refractivity contribution in [2.24, 2.45) is 5.73 Å². The molecule has 1 aliphatic rings. The summed E-state index contributed by atoms with van der Waals surface area (Å²) in [4.78, 5) is 23.4. The molecule has 5 N–H and O–H groups in total.